The second-order valence-electron chi connectivity index (χ2n) is 8.51. The third-order valence-electron chi connectivity index (χ3n) is 5.07. The Morgan fingerprint density at radius 1 is 1.00 bits per heavy atom. The first-order chi connectivity index (χ1) is 14.0. The molecule has 4 nitrogen and oxygen atoms in total. The molecular formula is C24H35NO3S2. The van der Waals surface area contributed by atoms with E-state index in [2.05, 4.69) is 51.6 Å². The fraction of sp³-hybridized carbons (Fsp3) is 0.417. The highest BCUT2D eigenvalue weighted by atomic mass is 32.3. The molecule has 0 aliphatic carbocycles. The van der Waals surface area contributed by atoms with Crippen LogP contribution in [-0.4, -0.2) is 24.5 Å². The summed E-state index contributed by atoms with van der Waals surface area (Å²) in [4.78, 5) is 2.24. The highest BCUT2D eigenvalue weighted by molar-refractivity contribution is 8.31. The summed E-state index contributed by atoms with van der Waals surface area (Å²) in [6.07, 6.45) is 2.82. The van der Waals surface area contributed by atoms with Crippen molar-refractivity contribution in [1.82, 2.24) is 0 Å². The lowest BCUT2D eigenvalue weighted by Gasteiger charge is -2.51. The van der Waals surface area contributed by atoms with Gasteiger partial charge in [0.1, 0.15) is 0 Å². The predicted octanol–water partition coefficient (Wildman–Crippen LogP) is 6.04. The Labute approximate surface area is 184 Å². The maximum Gasteiger partial charge on any atom is 0.212 e. The monoisotopic (exact) mass is 449 g/mol. The molecule has 0 aliphatic heterocycles. The maximum atomic E-state index is 12.2. The Morgan fingerprint density at radius 3 is 1.83 bits per heavy atom. The van der Waals surface area contributed by atoms with Crippen molar-refractivity contribution in [2.45, 2.75) is 72.8 Å². The van der Waals surface area contributed by atoms with E-state index in [9.17, 15) is 8.42 Å². The molecule has 166 valence electrons. The smallest absolute Gasteiger partial charge is 0.212 e. The maximum absolute atomic E-state index is 12.2. The van der Waals surface area contributed by atoms with Crippen LogP contribution in [0.1, 0.15) is 47.0 Å². The van der Waals surface area contributed by atoms with Crippen molar-refractivity contribution in [3.8, 4) is 0 Å². The van der Waals surface area contributed by atoms with Gasteiger partial charge in [-0.3, -0.25) is 0 Å². The van der Waals surface area contributed by atoms with Crippen LogP contribution in [0.25, 0.3) is 0 Å². The Kier molecular flexibility index (Phi) is 8.34. The van der Waals surface area contributed by atoms with E-state index in [0.29, 0.717) is 19.3 Å². The van der Waals surface area contributed by atoms with Crippen molar-refractivity contribution in [3.63, 3.8) is 0 Å². The first-order valence-corrected chi connectivity index (χ1v) is 13.4. The molecule has 0 spiro atoms. The largest absolute Gasteiger partial charge is 0.325 e. The van der Waals surface area contributed by atoms with E-state index in [1.54, 1.807) is 6.08 Å². The third-order valence-corrected chi connectivity index (χ3v) is 10.6. The molecule has 0 saturated heterocycles. The number of rotatable bonds is 10. The molecule has 0 saturated carbocycles. The van der Waals surface area contributed by atoms with Gasteiger partial charge in [-0.1, -0.05) is 52.8 Å². The fourth-order valence-electron chi connectivity index (χ4n) is 3.70. The minimum Gasteiger partial charge on any atom is -0.325 e. The van der Waals surface area contributed by atoms with Crippen LogP contribution in [0.3, 0.4) is 0 Å². The minimum absolute atomic E-state index is 0.220. The second kappa shape index (κ2) is 10.1. The SMILES string of the molecule is C=CCC[C@@H](C[C@@H](C)OS(c1ccccc1)(c1ccccc1)C(C)(C)C)S(N)(=O)=O. The summed E-state index contributed by atoms with van der Waals surface area (Å²) >= 11 is 0. The first-order valence-electron chi connectivity index (χ1n) is 10.3. The molecule has 6 heteroatoms. The van der Waals surface area contributed by atoms with Crippen molar-refractivity contribution >= 4 is 20.3 Å². The van der Waals surface area contributed by atoms with E-state index in [-0.39, 0.29) is 10.9 Å². The van der Waals surface area contributed by atoms with E-state index < -0.39 is 25.6 Å². The topological polar surface area (TPSA) is 69.4 Å². The van der Waals surface area contributed by atoms with E-state index in [1.807, 2.05) is 43.3 Å². The van der Waals surface area contributed by atoms with Crippen LogP contribution in [0.15, 0.2) is 83.1 Å². The highest BCUT2D eigenvalue weighted by Gasteiger charge is 2.43. The van der Waals surface area contributed by atoms with E-state index in [4.69, 9.17) is 9.32 Å². The summed E-state index contributed by atoms with van der Waals surface area (Å²) in [6.45, 7) is 12.2. The zero-order valence-corrected chi connectivity index (χ0v) is 20.1. The number of hydrogen-bond acceptors (Lipinski definition) is 3. The normalized spacial score (nSPS) is 15.4. The van der Waals surface area contributed by atoms with Gasteiger partial charge in [-0.25, -0.2) is 13.6 Å². The predicted molar refractivity (Wildman–Crippen MR) is 128 cm³/mol. The van der Waals surface area contributed by atoms with Gasteiger partial charge in [-0.2, -0.15) is 0 Å². The summed E-state index contributed by atoms with van der Waals surface area (Å²) in [7, 11) is -5.61. The zero-order valence-electron chi connectivity index (χ0n) is 18.5. The second-order valence-corrected chi connectivity index (χ2v) is 13.8. The van der Waals surface area contributed by atoms with Crippen LogP contribution in [0, 0.1) is 0 Å². The number of primary sulfonamides is 1. The van der Waals surface area contributed by atoms with Gasteiger partial charge in [0.2, 0.25) is 10.0 Å². The number of benzene rings is 2. The molecule has 0 bridgehead atoms. The Bertz CT molecular complexity index is 867. The number of sulfonamides is 1. The lowest BCUT2D eigenvalue weighted by Crippen LogP contribution is -2.35. The van der Waals surface area contributed by atoms with Crippen molar-refractivity contribution in [3.05, 3.63) is 73.3 Å². The summed E-state index contributed by atoms with van der Waals surface area (Å²) in [6, 6.07) is 20.5. The molecule has 0 heterocycles. The molecule has 0 unspecified atom stereocenters. The molecule has 2 rings (SSSR count). The van der Waals surface area contributed by atoms with Gasteiger partial charge in [0.15, 0.2) is 0 Å². The van der Waals surface area contributed by atoms with Gasteiger partial charge in [-0.15, -0.1) is 6.58 Å². The van der Waals surface area contributed by atoms with Crippen LogP contribution >= 0.6 is 10.3 Å². The standard InChI is InChI=1S/C24H35NO3S2/c1-6-7-14-23(30(25,26)27)19-20(2)28-29(24(3,4)5,21-15-10-8-11-16-21)22-17-12-9-13-18-22/h6,8-13,15-18,20,23H,1,7,14,19H2,2-5H3,(H2,25,26,27)/t20-,23+/m1/s1. The van der Waals surface area contributed by atoms with Crippen molar-refractivity contribution in [1.29, 1.82) is 0 Å². The lowest BCUT2D eigenvalue weighted by molar-refractivity contribution is 0.227. The quantitative estimate of drug-likeness (QED) is 0.449. The Balaban J connectivity index is 2.51. The molecule has 0 amide bonds. The Morgan fingerprint density at radius 2 is 1.47 bits per heavy atom. The van der Waals surface area contributed by atoms with Crippen LogP contribution in [0.2, 0.25) is 0 Å². The van der Waals surface area contributed by atoms with Gasteiger partial charge in [0.25, 0.3) is 0 Å². The molecule has 0 aromatic heterocycles. The highest BCUT2D eigenvalue weighted by Crippen LogP contribution is 2.71. The van der Waals surface area contributed by atoms with E-state index in [1.165, 1.54) is 0 Å². The van der Waals surface area contributed by atoms with Crippen LogP contribution in [0.4, 0.5) is 0 Å². The Hall–Kier alpha value is -1.60. The molecule has 0 radical (unpaired) electrons. The van der Waals surface area contributed by atoms with Gasteiger partial charge >= 0.3 is 0 Å². The summed E-state index contributed by atoms with van der Waals surface area (Å²) in [5.41, 5.74) is 0. The van der Waals surface area contributed by atoms with Crippen LogP contribution in [-0.2, 0) is 14.2 Å². The zero-order chi connectivity index (χ0) is 22.4. The number of allylic oxidation sites excluding steroid dienone is 1. The lowest BCUT2D eigenvalue weighted by atomic mass is 10.1. The first kappa shape index (κ1) is 24.7. The van der Waals surface area contributed by atoms with Crippen LogP contribution in [0.5, 0.6) is 0 Å². The molecule has 0 aliphatic rings. The van der Waals surface area contributed by atoms with E-state index in [0.717, 1.165) is 9.79 Å². The summed E-state index contributed by atoms with van der Waals surface area (Å²) < 4.78 is 31.0. The number of nitrogens with two attached hydrogens (primary N) is 1. The molecular weight excluding hydrogens is 414 g/mol. The van der Waals surface area contributed by atoms with Crippen molar-refractivity contribution in [2.24, 2.45) is 5.14 Å². The van der Waals surface area contributed by atoms with Gasteiger partial charge in [-0.05, 0) is 71.2 Å². The number of hydrogen-bond donors (Lipinski definition) is 1. The fourth-order valence-corrected chi connectivity index (χ4v) is 8.55. The summed E-state index contributed by atoms with van der Waals surface area (Å²) in [5, 5.41) is 4.87. The molecule has 0 fully saturated rings. The van der Waals surface area contributed by atoms with Gasteiger partial charge in [0.05, 0.1) is 11.4 Å². The van der Waals surface area contributed by atoms with Gasteiger partial charge in [0, 0.05) is 14.5 Å². The average molecular weight is 450 g/mol. The molecule has 30 heavy (non-hydrogen) atoms. The molecule has 2 N–H and O–H groups in total. The third kappa shape index (κ3) is 5.76. The molecule has 2 aromatic rings. The van der Waals surface area contributed by atoms with Gasteiger partial charge < -0.3 is 4.18 Å². The molecule has 2 atom stereocenters. The van der Waals surface area contributed by atoms with Crippen molar-refractivity contribution in [2.75, 3.05) is 0 Å². The van der Waals surface area contributed by atoms with Crippen LogP contribution < -0.4 is 5.14 Å². The average Bonchev–Trinajstić information content (AvgIpc) is 2.69. The van der Waals surface area contributed by atoms with Crippen molar-refractivity contribution < 1.29 is 12.6 Å². The van der Waals surface area contributed by atoms with E-state index >= 15 is 0 Å². The minimum atomic E-state index is -3.67. The summed E-state index contributed by atoms with van der Waals surface area (Å²) in [5.74, 6) is 0. The molecule has 2 aromatic carbocycles.